The maximum atomic E-state index is 11.9. The molecule has 2 atom stereocenters. The van der Waals surface area contributed by atoms with Crippen LogP contribution in [0.5, 0.6) is 0 Å². The number of nitrogens with one attached hydrogen (secondary N) is 1. The lowest BCUT2D eigenvalue weighted by Gasteiger charge is -2.31. The minimum Gasteiger partial charge on any atom is -0.395 e. The largest absolute Gasteiger partial charge is 0.395 e. The fourth-order valence-electron chi connectivity index (χ4n) is 3.19. The lowest BCUT2D eigenvalue weighted by Crippen LogP contribution is -2.40. The molecule has 0 bridgehead atoms. The zero-order chi connectivity index (χ0) is 13.7. The summed E-state index contributed by atoms with van der Waals surface area (Å²) in [6, 6.07) is 0. The molecule has 1 heterocycles. The summed E-state index contributed by atoms with van der Waals surface area (Å²) < 4.78 is 0. The van der Waals surface area contributed by atoms with E-state index in [-0.39, 0.29) is 12.5 Å². The first kappa shape index (κ1) is 14.8. The molecule has 0 aromatic carbocycles. The minimum atomic E-state index is 0.252. The van der Waals surface area contributed by atoms with Crippen molar-refractivity contribution < 1.29 is 9.90 Å². The van der Waals surface area contributed by atoms with Gasteiger partial charge in [0.2, 0.25) is 5.91 Å². The number of nitrogens with zero attached hydrogens (tertiary/aromatic N) is 1. The molecule has 110 valence electrons. The highest BCUT2D eigenvalue weighted by Crippen LogP contribution is 2.42. The minimum absolute atomic E-state index is 0.252. The Balaban J connectivity index is 1.58. The normalized spacial score (nSPS) is 28.3. The number of β-amino-alcohol motifs (C(OH)–C–C–N with tert-alkyl or cyclic N) is 1. The number of piperidine rings is 1. The van der Waals surface area contributed by atoms with Crippen molar-refractivity contribution in [1.29, 1.82) is 0 Å². The Kier molecular flexibility index (Phi) is 5.64. The van der Waals surface area contributed by atoms with Gasteiger partial charge >= 0.3 is 0 Å². The van der Waals surface area contributed by atoms with E-state index in [1.54, 1.807) is 0 Å². The van der Waals surface area contributed by atoms with Crippen molar-refractivity contribution in [1.82, 2.24) is 10.2 Å². The smallest absolute Gasteiger partial charge is 0.223 e. The lowest BCUT2D eigenvalue weighted by molar-refractivity contribution is -0.122. The van der Waals surface area contributed by atoms with E-state index in [2.05, 4.69) is 17.1 Å². The molecule has 2 fully saturated rings. The van der Waals surface area contributed by atoms with Gasteiger partial charge in [-0.25, -0.2) is 0 Å². The van der Waals surface area contributed by atoms with Crippen LogP contribution < -0.4 is 5.32 Å². The molecule has 1 aliphatic heterocycles. The molecule has 2 aliphatic rings. The summed E-state index contributed by atoms with van der Waals surface area (Å²) in [4.78, 5) is 14.2. The molecule has 1 saturated carbocycles. The van der Waals surface area contributed by atoms with Gasteiger partial charge in [-0.05, 0) is 50.6 Å². The summed E-state index contributed by atoms with van der Waals surface area (Å²) >= 11 is 0. The summed E-state index contributed by atoms with van der Waals surface area (Å²) in [6.45, 7) is 6.20. The van der Waals surface area contributed by atoms with Crippen LogP contribution in [0, 0.1) is 17.8 Å². The van der Waals surface area contributed by atoms with Crippen molar-refractivity contribution in [2.75, 3.05) is 32.8 Å². The van der Waals surface area contributed by atoms with Crippen LogP contribution in [-0.2, 0) is 4.79 Å². The third kappa shape index (κ3) is 4.46. The topological polar surface area (TPSA) is 52.6 Å². The van der Waals surface area contributed by atoms with Crippen LogP contribution in [0.3, 0.4) is 0 Å². The van der Waals surface area contributed by atoms with E-state index < -0.39 is 0 Å². The van der Waals surface area contributed by atoms with E-state index in [9.17, 15) is 4.79 Å². The van der Waals surface area contributed by atoms with Gasteiger partial charge in [-0.1, -0.05) is 13.3 Å². The number of carbonyl (C=O) groups excluding carboxylic acids is 1. The van der Waals surface area contributed by atoms with Crippen LogP contribution in [0.4, 0.5) is 0 Å². The molecule has 4 nitrogen and oxygen atoms in total. The van der Waals surface area contributed by atoms with Crippen molar-refractivity contribution in [3.05, 3.63) is 0 Å². The molecule has 2 rings (SSSR count). The third-order valence-electron chi connectivity index (χ3n) is 4.61. The molecule has 2 N–H and O–H groups in total. The summed E-state index contributed by atoms with van der Waals surface area (Å²) in [6.07, 6.45) is 5.79. The summed E-state index contributed by atoms with van der Waals surface area (Å²) in [7, 11) is 0. The standard InChI is InChI=1S/C15H28N2O2/c1-2-3-13-10-14(13)15(19)16-11-12-4-6-17(7-5-12)8-9-18/h12-14,18H,2-11H2,1H3,(H,16,19)/t13-,14+/m0/s1. The molecule has 0 spiro atoms. The van der Waals surface area contributed by atoms with Crippen LogP contribution in [0.25, 0.3) is 0 Å². The maximum absolute atomic E-state index is 11.9. The third-order valence-corrected chi connectivity index (χ3v) is 4.61. The van der Waals surface area contributed by atoms with Gasteiger partial charge in [0.1, 0.15) is 0 Å². The number of aliphatic hydroxyl groups excluding tert-OH is 1. The molecule has 0 radical (unpaired) electrons. The Morgan fingerprint density at radius 2 is 2.11 bits per heavy atom. The number of hydrogen-bond acceptors (Lipinski definition) is 3. The molecule has 1 amide bonds. The Labute approximate surface area is 116 Å². The first-order chi connectivity index (χ1) is 9.24. The number of aliphatic hydroxyl groups is 1. The molecular formula is C15H28N2O2. The van der Waals surface area contributed by atoms with E-state index in [0.29, 0.717) is 17.8 Å². The fourth-order valence-corrected chi connectivity index (χ4v) is 3.19. The summed E-state index contributed by atoms with van der Waals surface area (Å²) in [5, 5.41) is 12.0. The van der Waals surface area contributed by atoms with E-state index >= 15 is 0 Å². The average Bonchev–Trinajstić information content (AvgIpc) is 3.18. The number of carbonyl (C=O) groups is 1. The second-order valence-corrected chi connectivity index (χ2v) is 6.14. The second kappa shape index (κ2) is 7.25. The highest BCUT2D eigenvalue weighted by molar-refractivity contribution is 5.81. The Morgan fingerprint density at radius 3 is 2.74 bits per heavy atom. The Bertz CT molecular complexity index is 288. The Hall–Kier alpha value is -0.610. The molecule has 0 aromatic heterocycles. The molecule has 1 saturated heterocycles. The molecule has 1 aliphatic carbocycles. The first-order valence-corrected chi connectivity index (χ1v) is 7.85. The van der Waals surface area contributed by atoms with Gasteiger partial charge in [0.05, 0.1) is 6.61 Å². The van der Waals surface area contributed by atoms with Gasteiger partial charge in [-0.15, -0.1) is 0 Å². The van der Waals surface area contributed by atoms with Crippen LogP contribution in [0.15, 0.2) is 0 Å². The summed E-state index contributed by atoms with van der Waals surface area (Å²) in [5.74, 6) is 1.89. The van der Waals surface area contributed by atoms with Crippen LogP contribution >= 0.6 is 0 Å². The predicted octanol–water partition coefficient (Wildman–Crippen LogP) is 1.24. The maximum Gasteiger partial charge on any atom is 0.223 e. The predicted molar refractivity (Wildman–Crippen MR) is 75.8 cm³/mol. The van der Waals surface area contributed by atoms with E-state index in [1.807, 2.05) is 0 Å². The molecule has 0 aromatic rings. The van der Waals surface area contributed by atoms with Crippen molar-refractivity contribution >= 4 is 5.91 Å². The van der Waals surface area contributed by atoms with E-state index in [4.69, 9.17) is 5.11 Å². The monoisotopic (exact) mass is 268 g/mol. The first-order valence-electron chi connectivity index (χ1n) is 7.85. The number of rotatable bonds is 7. The van der Waals surface area contributed by atoms with E-state index in [1.165, 1.54) is 12.8 Å². The quantitative estimate of drug-likeness (QED) is 0.730. The highest BCUT2D eigenvalue weighted by atomic mass is 16.3. The van der Waals surface area contributed by atoms with Gasteiger partial charge in [-0.2, -0.15) is 0 Å². The van der Waals surface area contributed by atoms with Crippen LogP contribution in [0.1, 0.15) is 39.0 Å². The zero-order valence-electron chi connectivity index (χ0n) is 12.1. The van der Waals surface area contributed by atoms with Gasteiger partial charge in [0.25, 0.3) is 0 Å². The Morgan fingerprint density at radius 1 is 1.37 bits per heavy atom. The number of amides is 1. The SMILES string of the molecule is CCC[C@H]1C[C@H]1C(=O)NCC1CCN(CCO)CC1. The molecule has 0 unspecified atom stereocenters. The molecule has 19 heavy (non-hydrogen) atoms. The van der Waals surface area contributed by atoms with Crippen LogP contribution in [-0.4, -0.2) is 48.7 Å². The zero-order valence-corrected chi connectivity index (χ0v) is 12.1. The van der Waals surface area contributed by atoms with Gasteiger partial charge in [-0.3, -0.25) is 4.79 Å². The van der Waals surface area contributed by atoms with Crippen molar-refractivity contribution in [3.8, 4) is 0 Å². The second-order valence-electron chi connectivity index (χ2n) is 6.14. The van der Waals surface area contributed by atoms with Crippen molar-refractivity contribution in [2.24, 2.45) is 17.8 Å². The van der Waals surface area contributed by atoms with Gasteiger partial charge in [0, 0.05) is 19.0 Å². The lowest BCUT2D eigenvalue weighted by atomic mass is 9.96. The van der Waals surface area contributed by atoms with Gasteiger partial charge < -0.3 is 15.3 Å². The molecular weight excluding hydrogens is 240 g/mol. The van der Waals surface area contributed by atoms with Crippen molar-refractivity contribution in [3.63, 3.8) is 0 Å². The molecule has 4 heteroatoms. The van der Waals surface area contributed by atoms with E-state index in [0.717, 1.165) is 45.4 Å². The highest BCUT2D eigenvalue weighted by Gasteiger charge is 2.41. The van der Waals surface area contributed by atoms with Crippen molar-refractivity contribution in [2.45, 2.75) is 39.0 Å². The van der Waals surface area contributed by atoms with Gasteiger partial charge in [0.15, 0.2) is 0 Å². The van der Waals surface area contributed by atoms with Crippen LogP contribution in [0.2, 0.25) is 0 Å². The average molecular weight is 268 g/mol. The fraction of sp³-hybridized carbons (Fsp3) is 0.933. The number of hydrogen-bond donors (Lipinski definition) is 2. The number of likely N-dealkylation sites (tertiary alicyclic amines) is 1. The summed E-state index contributed by atoms with van der Waals surface area (Å²) in [5.41, 5.74) is 0.